The second-order valence-electron chi connectivity index (χ2n) is 4.68. The first-order chi connectivity index (χ1) is 7.81. The third-order valence-electron chi connectivity index (χ3n) is 3.45. The lowest BCUT2D eigenvalue weighted by Crippen LogP contribution is -2.56. The van der Waals surface area contributed by atoms with E-state index in [2.05, 4.69) is 31.0 Å². The van der Waals surface area contributed by atoms with Crippen molar-refractivity contribution in [2.24, 2.45) is 0 Å². The van der Waals surface area contributed by atoms with Gasteiger partial charge in [-0.1, -0.05) is 20.8 Å². The number of hydrogen-bond donors (Lipinski definition) is 1. The van der Waals surface area contributed by atoms with Crippen molar-refractivity contribution in [1.82, 2.24) is 10.2 Å². The lowest BCUT2D eigenvalue weighted by Gasteiger charge is -2.39. The normalized spacial score (nSPS) is 27.2. The molecule has 1 heterocycles. The summed E-state index contributed by atoms with van der Waals surface area (Å²) in [5, 5.41) is 3.62. The van der Waals surface area contributed by atoms with Crippen LogP contribution in [0.5, 0.6) is 0 Å². The van der Waals surface area contributed by atoms with E-state index in [9.17, 15) is 0 Å². The average molecular weight is 228 g/mol. The van der Waals surface area contributed by atoms with Crippen molar-refractivity contribution in [2.75, 3.05) is 32.8 Å². The standard InChI is InChI=1S/C13H28N2O/c1-4-8-16-9-7-15-11-12(5-2)14-10-13(15)6-3/h12-14H,4-11H2,1-3H3. The Morgan fingerprint density at radius 3 is 2.62 bits per heavy atom. The van der Waals surface area contributed by atoms with Gasteiger partial charge in [-0.2, -0.15) is 0 Å². The minimum absolute atomic E-state index is 0.675. The van der Waals surface area contributed by atoms with Crippen molar-refractivity contribution < 1.29 is 4.74 Å². The molecule has 96 valence electrons. The molecular weight excluding hydrogens is 200 g/mol. The zero-order valence-electron chi connectivity index (χ0n) is 11.2. The minimum Gasteiger partial charge on any atom is -0.380 e. The third kappa shape index (κ3) is 4.40. The van der Waals surface area contributed by atoms with Crippen LogP contribution in [0.3, 0.4) is 0 Å². The molecule has 1 rings (SSSR count). The molecule has 0 saturated carbocycles. The number of piperazine rings is 1. The second-order valence-corrected chi connectivity index (χ2v) is 4.68. The first-order valence-electron chi connectivity index (χ1n) is 6.86. The van der Waals surface area contributed by atoms with Gasteiger partial charge in [0.05, 0.1) is 6.61 Å². The Labute approximate surface area is 101 Å². The molecule has 1 saturated heterocycles. The first-order valence-corrected chi connectivity index (χ1v) is 6.86. The van der Waals surface area contributed by atoms with Crippen LogP contribution in [0.4, 0.5) is 0 Å². The average Bonchev–Trinajstić information content (AvgIpc) is 2.34. The number of nitrogens with zero attached hydrogens (tertiary/aromatic N) is 1. The zero-order chi connectivity index (χ0) is 11.8. The van der Waals surface area contributed by atoms with E-state index in [1.54, 1.807) is 0 Å². The van der Waals surface area contributed by atoms with Crippen molar-refractivity contribution in [3.8, 4) is 0 Å². The number of rotatable bonds is 7. The van der Waals surface area contributed by atoms with Gasteiger partial charge in [-0.15, -0.1) is 0 Å². The molecule has 0 bridgehead atoms. The van der Waals surface area contributed by atoms with Crippen LogP contribution in [0, 0.1) is 0 Å². The van der Waals surface area contributed by atoms with Gasteiger partial charge < -0.3 is 10.1 Å². The summed E-state index contributed by atoms with van der Waals surface area (Å²) in [6, 6.07) is 1.38. The summed E-state index contributed by atoms with van der Waals surface area (Å²) in [6.07, 6.45) is 3.58. The fourth-order valence-corrected chi connectivity index (χ4v) is 2.31. The summed E-state index contributed by atoms with van der Waals surface area (Å²) in [5.74, 6) is 0. The Balaban J connectivity index is 2.27. The van der Waals surface area contributed by atoms with Gasteiger partial charge in [0.15, 0.2) is 0 Å². The van der Waals surface area contributed by atoms with Crippen LogP contribution >= 0.6 is 0 Å². The number of nitrogens with one attached hydrogen (secondary N) is 1. The van der Waals surface area contributed by atoms with E-state index in [4.69, 9.17) is 4.74 Å². The fourth-order valence-electron chi connectivity index (χ4n) is 2.31. The molecule has 1 fully saturated rings. The van der Waals surface area contributed by atoms with Gasteiger partial charge >= 0.3 is 0 Å². The van der Waals surface area contributed by atoms with E-state index in [0.29, 0.717) is 12.1 Å². The van der Waals surface area contributed by atoms with Crippen LogP contribution in [0.15, 0.2) is 0 Å². The summed E-state index contributed by atoms with van der Waals surface area (Å²) in [6.45, 7) is 11.9. The largest absolute Gasteiger partial charge is 0.380 e. The molecule has 2 unspecified atom stereocenters. The molecule has 3 nitrogen and oxygen atoms in total. The van der Waals surface area contributed by atoms with Gasteiger partial charge in [-0.05, 0) is 19.3 Å². The summed E-state index contributed by atoms with van der Waals surface area (Å²) in [5.41, 5.74) is 0. The Hall–Kier alpha value is -0.120. The Morgan fingerprint density at radius 2 is 2.00 bits per heavy atom. The first kappa shape index (κ1) is 13.9. The number of hydrogen-bond acceptors (Lipinski definition) is 3. The van der Waals surface area contributed by atoms with Crippen molar-refractivity contribution >= 4 is 0 Å². The molecule has 1 aliphatic heterocycles. The lowest BCUT2D eigenvalue weighted by atomic mass is 10.1. The molecule has 3 heteroatoms. The number of ether oxygens (including phenoxy) is 1. The molecule has 0 aromatic heterocycles. The third-order valence-corrected chi connectivity index (χ3v) is 3.45. The maximum Gasteiger partial charge on any atom is 0.0593 e. The van der Waals surface area contributed by atoms with Crippen LogP contribution in [-0.2, 0) is 4.74 Å². The van der Waals surface area contributed by atoms with Gasteiger partial charge in [-0.3, -0.25) is 4.90 Å². The van der Waals surface area contributed by atoms with Gasteiger partial charge in [0, 0.05) is 38.3 Å². The van der Waals surface area contributed by atoms with Crippen LogP contribution in [0.2, 0.25) is 0 Å². The second kappa shape index (κ2) is 8.04. The van der Waals surface area contributed by atoms with Gasteiger partial charge in [0.25, 0.3) is 0 Å². The van der Waals surface area contributed by atoms with Crippen molar-refractivity contribution in [2.45, 2.75) is 52.1 Å². The smallest absolute Gasteiger partial charge is 0.0593 e. The van der Waals surface area contributed by atoms with E-state index in [1.165, 1.54) is 19.4 Å². The molecular formula is C13H28N2O. The van der Waals surface area contributed by atoms with Gasteiger partial charge in [0.1, 0.15) is 0 Å². The van der Waals surface area contributed by atoms with Crippen LogP contribution in [0.1, 0.15) is 40.0 Å². The van der Waals surface area contributed by atoms with E-state index in [-0.39, 0.29) is 0 Å². The SMILES string of the molecule is CCCOCCN1CC(CC)NCC1CC. The molecule has 16 heavy (non-hydrogen) atoms. The molecule has 0 aromatic carbocycles. The highest BCUT2D eigenvalue weighted by atomic mass is 16.5. The van der Waals surface area contributed by atoms with E-state index >= 15 is 0 Å². The maximum absolute atomic E-state index is 5.59. The van der Waals surface area contributed by atoms with Crippen molar-refractivity contribution in [3.63, 3.8) is 0 Å². The lowest BCUT2D eigenvalue weighted by molar-refractivity contribution is 0.0638. The molecule has 0 aliphatic carbocycles. The highest BCUT2D eigenvalue weighted by Crippen LogP contribution is 2.11. The van der Waals surface area contributed by atoms with E-state index in [0.717, 1.165) is 32.7 Å². The van der Waals surface area contributed by atoms with Crippen LogP contribution in [-0.4, -0.2) is 49.8 Å². The van der Waals surface area contributed by atoms with Crippen molar-refractivity contribution in [3.05, 3.63) is 0 Å². The maximum atomic E-state index is 5.59. The minimum atomic E-state index is 0.675. The topological polar surface area (TPSA) is 24.5 Å². The summed E-state index contributed by atoms with van der Waals surface area (Å²) < 4.78 is 5.59. The summed E-state index contributed by atoms with van der Waals surface area (Å²) in [7, 11) is 0. The highest BCUT2D eigenvalue weighted by Gasteiger charge is 2.25. The molecule has 0 spiro atoms. The monoisotopic (exact) mass is 228 g/mol. The van der Waals surface area contributed by atoms with E-state index in [1.807, 2.05) is 0 Å². The van der Waals surface area contributed by atoms with Crippen LogP contribution < -0.4 is 5.32 Å². The summed E-state index contributed by atoms with van der Waals surface area (Å²) >= 11 is 0. The molecule has 0 radical (unpaired) electrons. The van der Waals surface area contributed by atoms with Crippen molar-refractivity contribution in [1.29, 1.82) is 0 Å². The van der Waals surface area contributed by atoms with Gasteiger partial charge in [0.2, 0.25) is 0 Å². The Kier molecular flexibility index (Phi) is 7.01. The predicted molar refractivity (Wildman–Crippen MR) is 68.8 cm³/mol. The molecule has 1 aliphatic rings. The highest BCUT2D eigenvalue weighted by molar-refractivity contribution is 4.84. The molecule has 0 amide bonds. The fraction of sp³-hybridized carbons (Fsp3) is 1.00. The zero-order valence-corrected chi connectivity index (χ0v) is 11.2. The molecule has 2 atom stereocenters. The predicted octanol–water partition coefficient (Wildman–Crippen LogP) is 1.88. The quantitative estimate of drug-likeness (QED) is 0.673. The summed E-state index contributed by atoms with van der Waals surface area (Å²) in [4.78, 5) is 2.60. The molecule has 0 aromatic rings. The Morgan fingerprint density at radius 1 is 1.19 bits per heavy atom. The van der Waals surface area contributed by atoms with Gasteiger partial charge in [-0.25, -0.2) is 0 Å². The van der Waals surface area contributed by atoms with Crippen LogP contribution in [0.25, 0.3) is 0 Å². The van der Waals surface area contributed by atoms with E-state index < -0.39 is 0 Å². The Bertz CT molecular complexity index is 175. The molecule has 1 N–H and O–H groups in total.